The molecule has 0 saturated heterocycles. The summed E-state index contributed by atoms with van der Waals surface area (Å²) in [7, 11) is 5.89. The fraction of sp³-hybridized carbons (Fsp3) is 0.636. The van der Waals surface area contributed by atoms with Crippen molar-refractivity contribution in [1.82, 2.24) is 9.97 Å². The number of anilines is 2. The second-order valence-corrected chi connectivity index (χ2v) is 4.33. The zero-order chi connectivity index (χ0) is 12.1. The van der Waals surface area contributed by atoms with Crippen LogP contribution in [0, 0.1) is 5.92 Å². The first-order chi connectivity index (χ1) is 7.54. The minimum absolute atomic E-state index is 0.461. The molecule has 1 rings (SSSR count). The van der Waals surface area contributed by atoms with Crippen LogP contribution in [0.5, 0.6) is 0 Å². The molecule has 1 aromatic heterocycles. The van der Waals surface area contributed by atoms with Crippen molar-refractivity contribution in [3.63, 3.8) is 0 Å². The van der Waals surface area contributed by atoms with Crippen molar-refractivity contribution in [1.29, 1.82) is 0 Å². The summed E-state index contributed by atoms with van der Waals surface area (Å²) in [6.45, 7) is 3.72. The van der Waals surface area contributed by atoms with Crippen LogP contribution in [0.2, 0.25) is 0 Å². The van der Waals surface area contributed by atoms with E-state index in [1.165, 1.54) is 0 Å². The standard InChI is InChI=1S/C11H21N5/c1-9(7-12)8-16(4)10-5-6-13-11(14-10)15(2)3/h5-6,9H,7-8,12H2,1-4H3. The van der Waals surface area contributed by atoms with Gasteiger partial charge in [-0.2, -0.15) is 4.98 Å². The van der Waals surface area contributed by atoms with Gasteiger partial charge in [0.15, 0.2) is 0 Å². The van der Waals surface area contributed by atoms with Crippen LogP contribution in [0.15, 0.2) is 12.3 Å². The highest BCUT2D eigenvalue weighted by Crippen LogP contribution is 2.13. The van der Waals surface area contributed by atoms with Gasteiger partial charge in [-0.05, 0) is 18.5 Å². The molecular weight excluding hydrogens is 202 g/mol. The zero-order valence-electron chi connectivity index (χ0n) is 10.5. The van der Waals surface area contributed by atoms with E-state index >= 15 is 0 Å². The highest BCUT2D eigenvalue weighted by Gasteiger charge is 2.08. The van der Waals surface area contributed by atoms with Gasteiger partial charge in [-0.3, -0.25) is 0 Å². The van der Waals surface area contributed by atoms with Gasteiger partial charge in [0.05, 0.1) is 0 Å². The smallest absolute Gasteiger partial charge is 0.226 e. The first-order valence-corrected chi connectivity index (χ1v) is 5.46. The molecule has 1 atom stereocenters. The lowest BCUT2D eigenvalue weighted by Crippen LogP contribution is -2.29. The van der Waals surface area contributed by atoms with Crippen LogP contribution >= 0.6 is 0 Å². The molecule has 0 aromatic carbocycles. The van der Waals surface area contributed by atoms with Crippen molar-refractivity contribution in [2.24, 2.45) is 11.7 Å². The largest absolute Gasteiger partial charge is 0.359 e. The van der Waals surface area contributed by atoms with Crippen LogP contribution in [0.25, 0.3) is 0 Å². The molecule has 2 N–H and O–H groups in total. The molecule has 0 aliphatic rings. The van der Waals surface area contributed by atoms with Crippen molar-refractivity contribution >= 4 is 11.8 Å². The van der Waals surface area contributed by atoms with E-state index < -0.39 is 0 Å². The van der Waals surface area contributed by atoms with E-state index in [0.717, 1.165) is 18.3 Å². The first-order valence-electron chi connectivity index (χ1n) is 5.46. The third-order valence-electron chi connectivity index (χ3n) is 2.41. The Bertz CT molecular complexity index is 326. The highest BCUT2D eigenvalue weighted by molar-refractivity contribution is 5.42. The van der Waals surface area contributed by atoms with E-state index in [1.54, 1.807) is 6.20 Å². The van der Waals surface area contributed by atoms with Crippen molar-refractivity contribution in [3.8, 4) is 0 Å². The molecule has 5 heteroatoms. The normalized spacial score (nSPS) is 12.3. The summed E-state index contributed by atoms with van der Waals surface area (Å²) in [6.07, 6.45) is 1.78. The minimum atomic E-state index is 0.461. The Hall–Kier alpha value is -1.36. The van der Waals surface area contributed by atoms with E-state index in [4.69, 9.17) is 5.73 Å². The predicted octanol–water partition coefficient (Wildman–Crippen LogP) is 0.574. The molecule has 1 heterocycles. The summed E-state index contributed by atoms with van der Waals surface area (Å²) >= 11 is 0. The zero-order valence-corrected chi connectivity index (χ0v) is 10.5. The lowest BCUT2D eigenvalue weighted by Gasteiger charge is -2.22. The second-order valence-electron chi connectivity index (χ2n) is 4.33. The van der Waals surface area contributed by atoms with Crippen LogP contribution in [-0.2, 0) is 0 Å². The van der Waals surface area contributed by atoms with Gasteiger partial charge in [0.2, 0.25) is 5.95 Å². The van der Waals surface area contributed by atoms with Gasteiger partial charge in [-0.1, -0.05) is 6.92 Å². The van der Waals surface area contributed by atoms with Crippen molar-refractivity contribution < 1.29 is 0 Å². The first kappa shape index (κ1) is 12.7. The number of hydrogen-bond donors (Lipinski definition) is 1. The van der Waals surface area contributed by atoms with E-state index in [9.17, 15) is 0 Å². The number of rotatable bonds is 5. The molecule has 0 bridgehead atoms. The van der Waals surface area contributed by atoms with Gasteiger partial charge in [-0.15, -0.1) is 0 Å². The summed E-state index contributed by atoms with van der Waals surface area (Å²) in [5.74, 6) is 2.12. The molecule has 90 valence electrons. The average molecular weight is 223 g/mol. The summed E-state index contributed by atoms with van der Waals surface area (Å²) in [6, 6.07) is 1.91. The topological polar surface area (TPSA) is 58.3 Å². The molecular formula is C11H21N5. The molecule has 0 radical (unpaired) electrons. The second kappa shape index (κ2) is 5.65. The third kappa shape index (κ3) is 3.34. The highest BCUT2D eigenvalue weighted by atomic mass is 15.3. The Labute approximate surface area is 97.3 Å². The molecule has 0 fully saturated rings. The minimum Gasteiger partial charge on any atom is -0.359 e. The average Bonchev–Trinajstić information content (AvgIpc) is 2.28. The Balaban J connectivity index is 2.75. The number of aromatic nitrogens is 2. The Morgan fingerprint density at radius 3 is 2.62 bits per heavy atom. The van der Waals surface area contributed by atoms with E-state index in [1.807, 2.05) is 32.1 Å². The van der Waals surface area contributed by atoms with Crippen LogP contribution in [0.3, 0.4) is 0 Å². The maximum Gasteiger partial charge on any atom is 0.226 e. The van der Waals surface area contributed by atoms with Crippen molar-refractivity contribution in [2.75, 3.05) is 44.0 Å². The summed E-state index contributed by atoms with van der Waals surface area (Å²) in [5.41, 5.74) is 5.61. The lowest BCUT2D eigenvalue weighted by molar-refractivity contribution is 0.587. The van der Waals surface area contributed by atoms with Gasteiger partial charge in [0.25, 0.3) is 0 Å². The molecule has 5 nitrogen and oxygen atoms in total. The third-order valence-corrected chi connectivity index (χ3v) is 2.41. The number of nitrogens with zero attached hydrogens (tertiary/aromatic N) is 4. The van der Waals surface area contributed by atoms with Crippen LogP contribution in [0.4, 0.5) is 11.8 Å². The summed E-state index contributed by atoms with van der Waals surface area (Å²) < 4.78 is 0. The molecule has 1 aromatic rings. The molecule has 0 aliphatic carbocycles. The summed E-state index contributed by atoms with van der Waals surface area (Å²) in [5, 5.41) is 0. The van der Waals surface area contributed by atoms with Gasteiger partial charge >= 0.3 is 0 Å². The van der Waals surface area contributed by atoms with Gasteiger partial charge in [0, 0.05) is 33.9 Å². The van der Waals surface area contributed by atoms with Gasteiger partial charge < -0.3 is 15.5 Å². The van der Waals surface area contributed by atoms with E-state index in [-0.39, 0.29) is 0 Å². The molecule has 1 unspecified atom stereocenters. The predicted molar refractivity (Wildman–Crippen MR) is 67.8 cm³/mol. The maximum absolute atomic E-state index is 5.61. The monoisotopic (exact) mass is 223 g/mol. The summed E-state index contributed by atoms with van der Waals surface area (Å²) in [4.78, 5) is 12.6. The van der Waals surface area contributed by atoms with Crippen molar-refractivity contribution in [2.45, 2.75) is 6.92 Å². The van der Waals surface area contributed by atoms with Crippen LogP contribution in [0.1, 0.15) is 6.92 Å². The quantitative estimate of drug-likeness (QED) is 0.791. The van der Waals surface area contributed by atoms with Gasteiger partial charge in [-0.25, -0.2) is 4.98 Å². The fourth-order valence-corrected chi connectivity index (χ4v) is 1.40. The number of nitrogens with two attached hydrogens (primary N) is 1. The van der Waals surface area contributed by atoms with Gasteiger partial charge in [0.1, 0.15) is 5.82 Å². The molecule has 16 heavy (non-hydrogen) atoms. The van der Waals surface area contributed by atoms with E-state index in [2.05, 4.69) is 21.8 Å². The fourth-order valence-electron chi connectivity index (χ4n) is 1.40. The lowest BCUT2D eigenvalue weighted by atomic mass is 10.2. The molecule has 0 amide bonds. The molecule has 0 aliphatic heterocycles. The Morgan fingerprint density at radius 1 is 1.38 bits per heavy atom. The Kier molecular flexibility index (Phi) is 4.49. The van der Waals surface area contributed by atoms with Crippen LogP contribution < -0.4 is 15.5 Å². The molecule has 0 spiro atoms. The molecule has 0 saturated carbocycles. The Morgan fingerprint density at radius 2 is 2.06 bits per heavy atom. The maximum atomic E-state index is 5.61. The van der Waals surface area contributed by atoms with Crippen molar-refractivity contribution in [3.05, 3.63) is 12.3 Å². The van der Waals surface area contributed by atoms with E-state index in [0.29, 0.717) is 12.5 Å². The SMILES string of the molecule is CC(CN)CN(C)c1ccnc(N(C)C)n1. The van der Waals surface area contributed by atoms with Crippen LogP contribution in [-0.4, -0.2) is 44.2 Å². The number of hydrogen-bond acceptors (Lipinski definition) is 5.